The summed E-state index contributed by atoms with van der Waals surface area (Å²) >= 11 is 0. The van der Waals surface area contributed by atoms with Gasteiger partial charge < -0.3 is 9.64 Å². The first-order valence-electron chi connectivity index (χ1n) is 8.45. The van der Waals surface area contributed by atoms with Crippen LogP contribution < -0.4 is 4.90 Å². The van der Waals surface area contributed by atoms with E-state index in [1.807, 2.05) is 43.3 Å². The van der Waals surface area contributed by atoms with Crippen LogP contribution in [0.2, 0.25) is 0 Å². The van der Waals surface area contributed by atoms with Crippen LogP contribution in [0.5, 0.6) is 0 Å². The van der Waals surface area contributed by atoms with Gasteiger partial charge in [0.05, 0.1) is 6.61 Å². The van der Waals surface area contributed by atoms with Gasteiger partial charge in [0.25, 0.3) is 0 Å². The predicted octanol–water partition coefficient (Wildman–Crippen LogP) is 5.11. The molecule has 0 heterocycles. The lowest BCUT2D eigenvalue weighted by atomic mass is 10.1. The van der Waals surface area contributed by atoms with Crippen LogP contribution in [0, 0.1) is 0 Å². The molecule has 0 aliphatic rings. The summed E-state index contributed by atoms with van der Waals surface area (Å²) in [6.45, 7) is 6.92. The van der Waals surface area contributed by atoms with Gasteiger partial charge in [-0.2, -0.15) is 0 Å². The van der Waals surface area contributed by atoms with Gasteiger partial charge in [-0.1, -0.05) is 43.0 Å². The van der Waals surface area contributed by atoms with Crippen LogP contribution in [0.25, 0.3) is 0 Å². The molecule has 0 spiro atoms. The van der Waals surface area contributed by atoms with Gasteiger partial charge in [0, 0.05) is 23.5 Å². The van der Waals surface area contributed by atoms with Gasteiger partial charge >= 0.3 is 5.97 Å². The van der Waals surface area contributed by atoms with Crippen molar-refractivity contribution in [2.75, 3.05) is 18.1 Å². The summed E-state index contributed by atoms with van der Waals surface area (Å²) < 4.78 is 4.97. The first-order chi connectivity index (χ1) is 11.7. The Bertz CT molecular complexity index is 598. The third kappa shape index (κ3) is 5.27. The molecule has 0 bridgehead atoms. The number of esters is 1. The van der Waals surface area contributed by atoms with Crippen LogP contribution in [-0.2, 0) is 9.53 Å². The van der Waals surface area contributed by atoms with E-state index in [2.05, 4.69) is 35.7 Å². The maximum atomic E-state index is 11.6. The predicted molar refractivity (Wildman–Crippen MR) is 99.5 cm³/mol. The van der Waals surface area contributed by atoms with E-state index in [1.165, 1.54) is 11.4 Å². The van der Waals surface area contributed by atoms with Gasteiger partial charge in [-0.25, -0.2) is 4.79 Å². The molecule has 0 saturated heterocycles. The number of anilines is 2. The molecule has 126 valence electrons. The Hall–Kier alpha value is -2.55. The van der Waals surface area contributed by atoms with Crippen LogP contribution >= 0.6 is 0 Å². The Kier molecular flexibility index (Phi) is 7.09. The van der Waals surface area contributed by atoms with Crippen LogP contribution in [0.4, 0.5) is 11.4 Å². The fourth-order valence-corrected chi connectivity index (χ4v) is 2.57. The molecule has 3 heteroatoms. The van der Waals surface area contributed by atoms with Gasteiger partial charge in [0.1, 0.15) is 0 Å². The molecule has 3 nitrogen and oxygen atoms in total. The van der Waals surface area contributed by atoms with Crippen LogP contribution in [0.15, 0.2) is 72.8 Å². The van der Waals surface area contributed by atoms with Crippen molar-refractivity contribution in [1.29, 1.82) is 0 Å². The van der Waals surface area contributed by atoms with Crippen molar-refractivity contribution < 1.29 is 9.53 Å². The Morgan fingerprint density at radius 3 is 2.00 bits per heavy atom. The second-order valence-corrected chi connectivity index (χ2v) is 5.60. The van der Waals surface area contributed by atoms with E-state index in [4.69, 9.17) is 4.74 Å². The van der Waals surface area contributed by atoms with E-state index in [0.717, 1.165) is 19.4 Å². The fraction of sp³-hybridized carbons (Fsp3) is 0.286. The molecule has 2 rings (SSSR count). The smallest absolute Gasteiger partial charge is 0.333 e. The molecule has 0 amide bonds. The van der Waals surface area contributed by atoms with Crippen molar-refractivity contribution in [1.82, 2.24) is 0 Å². The van der Waals surface area contributed by atoms with E-state index in [0.29, 0.717) is 18.6 Å². The number of hydrogen-bond acceptors (Lipinski definition) is 3. The molecule has 0 aliphatic carbocycles. The normalized spacial score (nSPS) is 10.2. The molecule has 0 aromatic heterocycles. The zero-order chi connectivity index (χ0) is 17.2. The van der Waals surface area contributed by atoms with Gasteiger partial charge in [0.15, 0.2) is 0 Å². The number of ether oxygens (including phenoxy) is 1. The highest BCUT2D eigenvalue weighted by Crippen LogP contribution is 2.25. The minimum absolute atomic E-state index is 0.277. The second kappa shape index (κ2) is 9.56. The molecule has 0 fully saturated rings. The van der Waals surface area contributed by atoms with Crippen molar-refractivity contribution in [3.8, 4) is 0 Å². The number of carbonyl (C=O) groups excluding carboxylic acids is 1. The SMILES string of the molecule is C=C(CCCCN(c1ccccc1)c1ccccc1)C(=O)OCC. The van der Waals surface area contributed by atoms with Gasteiger partial charge in [0.2, 0.25) is 0 Å². The van der Waals surface area contributed by atoms with Crippen molar-refractivity contribution in [3.05, 3.63) is 72.8 Å². The average Bonchev–Trinajstić information content (AvgIpc) is 2.63. The maximum Gasteiger partial charge on any atom is 0.333 e. The topological polar surface area (TPSA) is 29.5 Å². The summed E-state index contributed by atoms with van der Waals surface area (Å²) in [5.41, 5.74) is 2.91. The Morgan fingerprint density at radius 2 is 1.50 bits per heavy atom. The van der Waals surface area contributed by atoms with E-state index < -0.39 is 0 Å². The van der Waals surface area contributed by atoms with Crippen LogP contribution in [-0.4, -0.2) is 19.1 Å². The first kappa shape index (κ1) is 17.8. The largest absolute Gasteiger partial charge is 0.463 e. The first-order valence-corrected chi connectivity index (χ1v) is 8.45. The maximum absolute atomic E-state index is 11.6. The van der Waals surface area contributed by atoms with Crippen molar-refractivity contribution in [2.24, 2.45) is 0 Å². The highest BCUT2D eigenvalue weighted by atomic mass is 16.5. The van der Waals surface area contributed by atoms with Gasteiger partial charge in [-0.15, -0.1) is 0 Å². The van der Waals surface area contributed by atoms with Gasteiger partial charge in [-0.05, 0) is 50.5 Å². The number of nitrogens with zero attached hydrogens (tertiary/aromatic N) is 1. The lowest BCUT2D eigenvalue weighted by molar-refractivity contribution is -0.138. The molecule has 0 saturated carbocycles. The Labute approximate surface area is 144 Å². The average molecular weight is 323 g/mol. The Balaban J connectivity index is 1.93. The highest BCUT2D eigenvalue weighted by molar-refractivity contribution is 5.87. The summed E-state index contributed by atoms with van der Waals surface area (Å²) in [5.74, 6) is -0.277. The van der Waals surface area contributed by atoms with E-state index in [-0.39, 0.29) is 5.97 Å². The van der Waals surface area contributed by atoms with E-state index in [9.17, 15) is 4.79 Å². The Morgan fingerprint density at radius 1 is 0.958 bits per heavy atom. The molecule has 0 N–H and O–H groups in total. The van der Waals surface area contributed by atoms with Crippen molar-refractivity contribution in [3.63, 3.8) is 0 Å². The summed E-state index contributed by atoms with van der Waals surface area (Å²) in [6, 6.07) is 20.7. The van der Waals surface area contributed by atoms with Crippen molar-refractivity contribution >= 4 is 17.3 Å². The van der Waals surface area contributed by atoms with Crippen LogP contribution in [0.3, 0.4) is 0 Å². The molecule has 0 atom stereocenters. The number of carbonyl (C=O) groups is 1. The highest BCUT2D eigenvalue weighted by Gasteiger charge is 2.10. The molecule has 0 radical (unpaired) electrons. The lowest BCUT2D eigenvalue weighted by Crippen LogP contribution is -2.18. The zero-order valence-electron chi connectivity index (χ0n) is 14.3. The van der Waals surface area contributed by atoms with E-state index in [1.54, 1.807) is 0 Å². The molecule has 2 aromatic carbocycles. The molecule has 24 heavy (non-hydrogen) atoms. The molecule has 0 unspecified atom stereocenters. The number of para-hydroxylation sites is 2. The van der Waals surface area contributed by atoms with Gasteiger partial charge in [-0.3, -0.25) is 0 Å². The monoisotopic (exact) mass is 323 g/mol. The summed E-state index contributed by atoms with van der Waals surface area (Å²) in [6.07, 6.45) is 2.56. The second-order valence-electron chi connectivity index (χ2n) is 5.60. The quantitative estimate of drug-likeness (QED) is 0.365. The number of rotatable bonds is 9. The summed E-state index contributed by atoms with van der Waals surface area (Å²) in [7, 11) is 0. The summed E-state index contributed by atoms with van der Waals surface area (Å²) in [4.78, 5) is 13.9. The number of benzene rings is 2. The third-order valence-electron chi connectivity index (χ3n) is 3.81. The van der Waals surface area contributed by atoms with E-state index >= 15 is 0 Å². The zero-order valence-corrected chi connectivity index (χ0v) is 14.3. The minimum atomic E-state index is -0.277. The summed E-state index contributed by atoms with van der Waals surface area (Å²) in [5, 5.41) is 0. The lowest BCUT2D eigenvalue weighted by Gasteiger charge is -2.25. The van der Waals surface area contributed by atoms with Crippen molar-refractivity contribution in [2.45, 2.75) is 26.2 Å². The minimum Gasteiger partial charge on any atom is -0.463 e. The number of hydrogen-bond donors (Lipinski definition) is 0. The molecule has 0 aliphatic heterocycles. The van der Waals surface area contributed by atoms with Crippen LogP contribution in [0.1, 0.15) is 26.2 Å². The standard InChI is InChI=1S/C21H25NO2/c1-3-24-21(23)18(2)12-10-11-17-22(19-13-6-4-7-14-19)20-15-8-5-9-16-20/h4-9,13-16H,2-3,10-12,17H2,1H3. The molecular weight excluding hydrogens is 298 g/mol. The fourth-order valence-electron chi connectivity index (χ4n) is 2.57. The molecule has 2 aromatic rings. The molecular formula is C21H25NO2. The third-order valence-corrected chi connectivity index (χ3v) is 3.81. The number of unbranched alkanes of at least 4 members (excludes halogenated alkanes) is 1.